The van der Waals surface area contributed by atoms with Crippen LogP contribution in [0, 0.1) is 5.92 Å². The highest BCUT2D eigenvalue weighted by Crippen LogP contribution is 2.25. The molecule has 2 rings (SSSR count). The maximum Gasteiger partial charge on any atom is 0.407 e. The molecule has 24 heavy (non-hydrogen) atoms. The normalized spacial score (nSPS) is 15.9. The molecule has 0 spiro atoms. The molecule has 0 aromatic carbocycles. The summed E-state index contributed by atoms with van der Waals surface area (Å²) >= 11 is 0. The summed E-state index contributed by atoms with van der Waals surface area (Å²) in [5.41, 5.74) is 6.20. The third-order valence-electron chi connectivity index (χ3n) is 3.95. The Morgan fingerprint density at radius 2 is 2.04 bits per heavy atom. The SMILES string of the molecule is CC(C)(C)OC(=O)NCC1CCN(c2ccncc2C(N)=O)CC1. The summed E-state index contributed by atoms with van der Waals surface area (Å²) < 4.78 is 5.24. The number of carbonyl (C=O) groups excluding carboxylic acids is 2. The van der Waals surface area contributed by atoms with Crippen molar-refractivity contribution in [2.24, 2.45) is 11.7 Å². The van der Waals surface area contributed by atoms with E-state index in [0.29, 0.717) is 18.0 Å². The molecule has 1 saturated heterocycles. The molecule has 2 heterocycles. The molecule has 7 heteroatoms. The third-order valence-corrected chi connectivity index (χ3v) is 3.95. The lowest BCUT2D eigenvalue weighted by atomic mass is 9.96. The minimum atomic E-state index is -0.486. The molecule has 0 unspecified atom stereocenters. The molecule has 7 nitrogen and oxygen atoms in total. The molecule has 0 atom stereocenters. The quantitative estimate of drug-likeness (QED) is 0.877. The van der Waals surface area contributed by atoms with Gasteiger partial charge in [-0.3, -0.25) is 9.78 Å². The molecule has 1 aromatic heterocycles. The molecule has 1 aliphatic heterocycles. The number of hydrogen-bond acceptors (Lipinski definition) is 5. The van der Waals surface area contributed by atoms with Crippen LogP contribution in [-0.4, -0.2) is 42.2 Å². The first-order chi connectivity index (χ1) is 11.3. The topological polar surface area (TPSA) is 97.6 Å². The molecule has 0 bridgehead atoms. The van der Waals surface area contributed by atoms with Crippen molar-refractivity contribution in [2.45, 2.75) is 39.2 Å². The lowest BCUT2D eigenvalue weighted by Gasteiger charge is -2.34. The van der Waals surface area contributed by atoms with Crippen molar-refractivity contribution in [3.8, 4) is 0 Å². The van der Waals surface area contributed by atoms with Crippen LogP contribution in [0.25, 0.3) is 0 Å². The number of rotatable bonds is 4. The van der Waals surface area contributed by atoms with E-state index in [0.717, 1.165) is 31.6 Å². The van der Waals surface area contributed by atoms with E-state index in [9.17, 15) is 9.59 Å². The first kappa shape index (κ1) is 18.0. The Morgan fingerprint density at radius 1 is 1.38 bits per heavy atom. The highest BCUT2D eigenvalue weighted by molar-refractivity contribution is 5.98. The summed E-state index contributed by atoms with van der Waals surface area (Å²) in [6.07, 6.45) is 4.65. The first-order valence-electron chi connectivity index (χ1n) is 8.22. The van der Waals surface area contributed by atoms with Crippen molar-refractivity contribution in [3.05, 3.63) is 24.0 Å². The molecule has 1 aliphatic rings. The summed E-state index contributed by atoms with van der Waals surface area (Å²) in [6, 6.07) is 1.82. The van der Waals surface area contributed by atoms with E-state index < -0.39 is 11.5 Å². The summed E-state index contributed by atoms with van der Waals surface area (Å²) in [5.74, 6) is -0.0700. The van der Waals surface area contributed by atoms with Crippen LogP contribution in [0.5, 0.6) is 0 Å². The molecule has 1 aromatic rings. The molecule has 1 fully saturated rings. The van der Waals surface area contributed by atoms with Crippen LogP contribution >= 0.6 is 0 Å². The Bertz CT molecular complexity index is 590. The Labute approximate surface area is 142 Å². The fraction of sp³-hybridized carbons (Fsp3) is 0.588. The predicted octanol–water partition coefficient (Wildman–Crippen LogP) is 1.92. The van der Waals surface area contributed by atoms with Gasteiger partial charge in [-0.15, -0.1) is 0 Å². The molecule has 0 saturated carbocycles. The van der Waals surface area contributed by atoms with Gasteiger partial charge in [-0.25, -0.2) is 4.79 Å². The summed E-state index contributed by atoms with van der Waals surface area (Å²) in [6.45, 7) is 7.75. The average molecular weight is 334 g/mol. The zero-order valence-corrected chi connectivity index (χ0v) is 14.5. The molecular weight excluding hydrogens is 308 g/mol. The smallest absolute Gasteiger partial charge is 0.407 e. The van der Waals surface area contributed by atoms with Gasteiger partial charge in [0, 0.05) is 32.0 Å². The maximum absolute atomic E-state index is 11.7. The van der Waals surface area contributed by atoms with Gasteiger partial charge in [0.1, 0.15) is 5.60 Å². The predicted molar refractivity (Wildman–Crippen MR) is 91.9 cm³/mol. The Hall–Kier alpha value is -2.31. The van der Waals surface area contributed by atoms with E-state index in [4.69, 9.17) is 10.5 Å². The van der Waals surface area contributed by atoms with E-state index in [1.165, 1.54) is 6.20 Å². The Balaban J connectivity index is 1.84. The van der Waals surface area contributed by atoms with Gasteiger partial charge in [-0.05, 0) is 45.6 Å². The second-order valence-electron chi connectivity index (χ2n) is 7.07. The highest BCUT2D eigenvalue weighted by atomic mass is 16.6. The summed E-state index contributed by atoms with van der Waals surface area (Å²) in [4.78, 5) is 29.3. The van der Waals surface area contributed by atoms with Gasteiger partial charge >= 0.3 is 6.09 Å². The van der Waals surface area contributed by atoms with Gasteiger partial charge in [-0.1, -0.05) is 0 Å². The van der Waals surface area contributed by atoms with Gasteiger partial charge in [-0.2, -0.15) is 0 Å². The number of carbonyl (C=O) groups is 2. The average Bonchev–Trinajstić information content (AvgIpc) is 2.52. The van der Waals surface area contributed by atoms with Crippen molar-refractivity contribution in [2.75, 3.05) is 24.5 Å². The van der Waals surface area contributed by atoms with Crippen LogP contribution in [0.2, 0.25) is 0 Å². The summed E-state index contributed by atoms with van der Waals surface area (Å²) in [5, 5.41) is 2.83. The number of alkyl carbamates (subject to hydrolysis) is 1. The van der Waals surface area contributed by atoms with E-state index in [1.54, 1.807) is 6.20 Å². The third kappa shape index (κ3) is 5.11. The van der Waals surface area contributed by atoms with Gasteiger partial charge in [0.15, 0.2) is 0 Å². The van der Waals surface area contributed by atoms with E-state index in [2.05, 4.69) is 15.2 Å². The second kappa shape index (κ2) is 7.51. The fourth-order valence-electron chi connectivity index (χ4n) is 2.77. The van der Waals surface area contributed by atoms with Crippen LogP contribution in [0.15, 0.2) is 18.5 Å². The summed E-state index contributed by atoms with van der Waals surface area (Å²) in [7, 11) is 0. The molecule has 2 amide bonds. The standard InChI is InChI=1S/C17H26N4O3/c1-17(2,3)24-16(23)20-10-12-5-8-21(9-6-12)14-4-7-19-11-13(14)15(18)22/h4,7,11-12H,5-6,8-10H2,1-3H3,(H2,18,22)(H,20,23). The second-order valence-corrected chi connectivity index (χ2v) is 7.07. The molecular formula is C17H26N4O3. The number of nitrogens with two attached hydrogens (primary N) is 1. The van der Waals surface area contributed by atoms with Crippen molar-refractivity contribution >= 4 is 17.7 Å². The number of pyridine rings is 1. The van der Waals surface area contributed by atoms with Gasteiger partial charge < -0.3 is 20.7 Å². The number of amides is 2. The van der Waals surface area contributed by atoms with Crippen molar-refractivity contribution in [3.63, 3.8) is 0 Å². The minimum absolute atomic E-state index is 0.380. The van der Waals surface area contributed by atoms with E-state index >= 15 is 0 Å². The molecule has 3 N–H and O–H groups in total. The number of nitrogens with one attached hydrogen (secondary N) is 1. The zero-order chi connectivity index (χ0) is 17.7. The Morgan fingerprint density at radius 3 is 2.62 bits per heavy atom. The van der Waals surface area contributed by atoms with E-state index in [-0.39, 0.29) is 6.09 Å². The number of primary amides is 1. The lowest BCUT2D eigenvalue weighted by molar-refractivity contribution is 0.0516. The van der Waals surface area contributed by atoms with Crippen molar-refractivity contribution in [1.82, 2.24) is 10.3 Å². The molecule has 0 radical (unpaired) electrons. The van der Waals surface area contributed by atoms with Gasteiger partial charge in [0.25, 0.3) is 5.91 Å². The van der Waals surface area contributed by atoms with Crippen molar-refractivity contribution in [1.29, 1.82) is 0 Å². The monoisotopic (exact) mass is 334 g/mol. The zero-order valence-electron chi connectivity index (χ0n) is 14.5. The lowest BCUT2D eigenvalue weighted by Crippen LogP contribution is -2.40. The van der Waals surface area contributed by atoms with Crippen LogP contribution in [0.3, 0.4) is 0 Å². The van der Waals surface area contributed by atoms with Crippen LogP contribution in [-0.2, 0) is 4.74 Å². The van der Waals surface area contributed by atoms with Crippen LogP contribution in [0.1, 0.15) is 44.0 Å². The van der Waals surface area contributed by atoms with Crippen LogP contribution in [0.4, 0.5) is 10.5 Å². The number of nitrogens with zero attached hydrogens (tertiary/aromatic N) is 2. The number of piperidine rings is 1. The number of hydrogen-bond donors (Lipinski definition) is 2. The molecule has 132 valence electrons. The number of anilines is 1. The first-order valence-corrected chi connectivity index (χ1v) is 8.22. The largest absolute Gasteiger partial charge is 0.444 e. The number of ether oxygens (including phenoxy) is 1. The van der Waals surface area contributed by atoms with Crippen molar-refractivity contribution < 1.29 is 14.3 Å². The fourth-order valence-corrected chi connectivity index (χ4v) is 2.77. The van der Waals surface area contributed by atoms with Gasteiger partial charge in [0.05, 0.1) is 11.3 Å². The van der Waals surface area contributed by atoms with E-state index in [1.807, 2.05) is 26.8 Å². The molecule has 0 aliphatic carbocycles. The maximum atomic E-state index is 11.7. The minimum Gasteiger partial charge on any atom is -0.444 e. The Kier molecular flexibility index (Phi) is 5.64. The van der Waals surface area contributed by atoms with Crippen LogP contribution < -0.4 is 16.0 Å². The number of aromatic nitrogens is 1. The highest BCUT2D eigenvalue weighted by Gasteiger charge is 2.23. The van der Waals surface area contributed by atoms with Gasteiger partial charge in [0.2, 0.25) is 0 Å².